The first kappa shape index (κ1) is 13.3. The first-order valence-electron chi connectivity index (χ1n) is 7.08. The van der Waals surface area contributed by atoms with Crippen molar-refractivity contribution in [3.8, 4) is 17.0 Å². The summed E-state index contributed by atoms with van der Waals surface area (Å²) >= 11 is 0. The van der Waals surface area contributed by atoms with Crippen LogP contribution in [0.25, 0.3) is 16.9 Å². The molecule has 3 heterocycles. The Morgan fingerprint density at radius 3 is 2.78 bits per heavy atom. The minimum absolute atomic E-state index is 0.162. The van der Waals surface area contributed by atoms with Crippen LogP contribution >= 0.6 is 0 Å². The molecule has 0 aliphatic heterocycles. The minimum Gasteiger partial charge on any atom is -0.506 e. The molecule has 0 unspecified atom stereocenters. The predicted molar refractivity (Wildman–Crippen MR) is 86.6 cm³/mol. The molecule has 2 N–H and O–H groups in total. The maximum atomic E-state index is 9.90. The molecule has 1 aromatic carbocycles. The van der Waals surface area contributed by atoms with Crippen molar-refractivity contribution in [1.82, 2.24) is 24.1 Å². The number of imidazole rings is 1. The fourth-order valence-electron chi connectivity index (χ4n) is 2.48. The van der Waals surface area contributed by atoms with E-state index in [1.165, 1.54) is 0 Å². The second-order valence-corrected chi connectivity index (χ2v) is 5.16. The van der Waals surface area contributed by atoms with Crippen molar-refractivity contribution in [1.29, 1.82) is 0 Å². The topological polar surface area (TPSA) is 80.3 Å². The Kier molecular flexibility index (Phi) is 2.97. The third kappa shape index (κ3) is 2.28. The second kappa shape index (κ2) is 5.13. The van der Waals surface area contributed by atoms with Gasteiger partial charge in [-0.3, -0.25) is 9.08 Å². The molecule has 0 spiro atoms. The number of aryl methyl sites for hydroxylation is 1. The minimum atomic E-state index is 0.162. The molecule has 0 amide bonds. The van der Waals surface area contributed by atoms with Gasteiger partial charge in [-0.05, 0) is 12.1 Å². The Labute approximate surface area is 131 Å². The number of rotatable bonds is 3. The molecule has 0 atom stereocenters. The van der Waals surface area contributed by atoms with Crippen molar-refractivity contribution in [3.05, 3.63) is 55.2 Å². The van der Waals surface area contributed by atoms with Crippen molar-refractivity contribution >= 4 is 17.2 Å². The van der Waals surface area contributed by atoms with E-state index in [2.05, 4.69) is 20.4 Å². The van der Waals surface area contributed by atoms with Gasteiger partial charge < -0.3 is 10.4 Å². The van der Waals surface area contributed by atoms with Gasteiger partial charge in [0.2, 0.25) is 0 Å². The zero-order chi connectivity index (χ0) is 15.8. The van der Waals surface area contributed by atoms with E-state index in [9.17, 15) is 5.11 Å². The van der Waals surface area contributed by atoms with Crippen molar-refractivity contribution in [3.63, 3.8) is 0 Å². The summed E-state index contributed by atoms with van der Waals surface area (Å²) < 4.78 is 3.68. The maximum absolute atomic E-state index is 9.90. The van der Waals surface area contributed by atoms with Gasteiger partial charge in [0.25, 0.3) is 0 Å². The largest absolute Gasteiger partial charge is 0.506 e. The van der Waals surface area contributed by atoms with E-state index in [1.54, 1.807) is 41.5 Å². The zero-order valence-electron chi connectivity index (χ0n) is 12.4. The molecule has 114 valence electrons. The van der Waals surface area contributed by atoms with Crippen molar-refractivity contribution in [2.24, 2.45) is 7.05 Å². The fraction of sp³-hybridized carbons (Fsp3) is 0.0625. The van der Waals surface area contributed by atoms with Gasteiger partial charge in [-0.2, -0.15) is 5.10 Å². The summed E-state index contributed by atoms with van der Waals surface area (Å²) in [6, 6.07) is 7.01. The van der Waals surface area contributed by atoms with Crippen LogP contribution < -0.4 is 5.32 Å². The molecule has 0 fully saturated rings. The smallest absolute Gasteiger partial charge is 0.180 e. The number of aromatic nitrogens is 5. The quantitative estimate of drug-likeness (QED) is 0.569. The lowest BCUT2D eigenvalue weighted by Gasteiger charge is -2.08. The maximum Gasteiger partial charge on any atom is 0.180 e. The molecule has 7 nitrogen and oxygen atoms in total. The Bertz CT molecular complexity index is 987. The van der Waals surface area contributed by atoms with E-state index in [4.69, 9.17) is 0 Å². The van der Waals surface area contributed by atoms with Crippen LogP contribution in [0.1, 0.15) is 0 Å². The highest BCUT2D eigenvalue weighted by Crippen LogP contribution is 2.28. The third-order valence-electron chi connectivity index (χ3n) is 3.59. The summed E-state index contributed by atoms with van der Waals surface area (Å²) in [5.41, 5.74) is 3.16. The molecule has 4 rings (SSSR count). The monoisotopic (exact) mass is 306 g/mol. The Hall–Kier alpha value is -3.35. The summed E-state index contributed by atoms with van der Waals surface area (Å²) in [5.74, 6) is 0.736. The lowest BCUT2D eigenvalue weighted by Crippen LogP contribution is -1.98. The van der Waals surface area contributed by atoms with Crippen LogP contribution in [-0.4, -0.2) is 29.3 Å². The van der Waals surface area contributed by atoms with E-state index in [-0.39, 0.29) is 5.75 Å². The third-order valence-corrected chi connectivity index (χ3v) is 3.59. The number of nitrogens with zero attached hydrogens (tertiary/aromatic N) is 5. The zero-order valence-corrected chi connectivity index (χ0v) is 12.4. The summed E-state index contributed by atoms with van der Waals surface area (Å²) in [6.07, 6.45) is 9.04. The number of anilines is 2. The van der Waals surface area contributed by atoms with Gasteiger partial charge in [0.15, 0.2) is 11.5 Å². The number of aromatic hydroxyl groups is 1. The number of phenols is 1. The van der Waals surface area contributed by atoms with Gasteiger partial charge in [-0.15, -0.1) is 0 Å². The van der Waals surface area contributed by atoms with Crippen molar-refractivity contribution in [2.75, 3.05) is 5.32 Å². The number of para-hydroxylation sites is 2. The van der Waals surface area contributed by atoms with Crippen molar-refractivity contribution < 1.29 is 5.11 Å². The van der Waals surface area contributed by atoms with E-state index in [0.29, 0.717) is 17.2 Å². The molecular formula is C16H14N6O. The number of phenolic OH excluding ortho intramolecular Hbond substituents is 1. The van der Waals surface area contributed by atoms with E-state index < -0.39 is 0 Å². The summed E-state index contributed by atoms with van der Waals surface area (Å²) in [7, 11) is 1.87. The molecule has 4 aromatic rings. The Morgan fingerprint density at radius 1 is 1.13 bits per heavy atom. The molecule has 0 saturated carbocycles. The van der Waals surface area contributed by atoms with Crippen LogP contribution in [0.5, 0.6) is 5.75 Å². The van der Waals surface area contributed by atoms with E-state index in [1.807, 2.05) is 29.9 Å². The molecule has 0 radical (unpaired) electrons. The van der Waals surface area contributed by atoms with Crippen LogP contribution in [0.15, 0.2) is 55.2 Å². The fourth-order valence-corrected chi connectivity index (χ4v) is 2.48. The summed E-state index contributed by atoms with van der Waals surface area (Å²) in [4.78, 5) is 8.78. The van der Waals surface area contributed by atoms with Gasteiger partial charge in [-0.25, -0.2) is 9.97 Å². The van der Waals surface area contributed by atoms with Crippen LogP contribution in [0.2, 0.25) is 0 Å². The number of benzene rings is 1. The lowest BCUT2D eigenvalue weighted by atomic mass is 10.3. The van der Waals surface area contributed by atoms with Gasteiger partial charge in [0, 0.05) is 31.2 Å². The number of hydrogen-bond acceptors (Lipinski definition) is 5. The SMILES string of the molecule is Cn1cc(-c2cnc3c(Nc4ccccc4O)nccn23)cn1. The Balaban J connectivity index is 1.80. The molecule has 7 heteroatoms. The second-order valence-electron chi connectivity index (χ2n) is 5.16. The van der Waals surface area contributed by atoms with Gasteiger partial charge in [-0.1, -0.05) is 12.1 Å². The average molecular weight is 306 g/mol. The molecule has 0 aliphatic carbocycles. The number of nitrogens with one attached hydrogen (secondary N) is 1. The van der Waals surface area contributed by atoms with Crippen LogP contribution in [0, 0.1) is 0 Å². The highest BCUT2D eigenvalue weighted by atomic mass is 16.3. The molecule has 3 aromatic heterocycles. The van der Waals surface area contributed by atoms with Crippen molar-refractivity contribution in [2.45, 2.75) is 0 Å². The molecule has 0 saturated heterocycles. The van der Waals surface area contributed by atoms with Crippen LogP contribution in [-0.2, 0) is 7.05 Å². The van der Waals surface area contributed by atoms with Crippen LogP contribution in [0.4, 0.5) is 11.5 Å². The van der Waals surface area contributed by atoms with E-state index in [0.717, 1.165) is 11.3 Å². The summed E-state index contributed by atoms with van der Waals surface area (Å²) in [5, 5.41) is 17.2. The van der Waals surface area contributed by atoms with Crippen LogP contribution in [0.3, 0.4) is 0 Å². The molecule has 0 aliphatic rings. The molecular weight excluding hydrogens is 292 g/mol. The van der Waals surface area contributed by atoms with Gasteiger partial charge in [0.05, 0.1) is 23.8 Å². The average Bonchev–Trinajstić information content (AvgIpc) is 3.16. The predicted octanol–water partition coefficient (Wildman–Crippen LogP) is 2.58. The highest BCUT2D eigenvalue weighted by Gasteiger charge is 2.12. The first-order valence-corrected chi connectivity index (χ1v) is 7.08. The van der Waals surface area contributed by atoms with Gasteiger partial charge >= 0.3 is 0 Å². The molecule has 0 bridgehead atoms. The number of hydrogen-bond donors (Lipinski definition) is 2. The lowest BCUT2D eigenvalue weighted by molar-refractivity contribution is 0.477. The van der Waals surface area contributed by atoms with Gasteiger partial charge in [0.1, 0.15) is 5.75 Å². The normalized spacial score (nSPS) is 11.0. The first-order chi connectivity index (χ1) is 11.2. The Morgan fingerprint density at radius 2 is 2.00 bits per heavy atom. The standard InChI is InChI=1S/C16H14N6O/c1-21-10-11(8-19-21)13-9-18-16-15(17-6-7-22(13)16)20-12-4-2-3-5-14(12)23/h2-10,23H,1H3,(H,17,20). The van der Waals surface area contributed by atoms with E-state index >= 15 is 0 Å². The summed E-state index contributed by atoms with van der Waals surface area (Å²) in [6.45, 7) is 0. The number of fused-ring (bicyclic) bond motifs is 1. The highest BCUT2D eigenvalue weighted by molar-refractivity contribution is 5.75. The molecule has 23 heavy (non-hydrogen) atoms.